The Kier molecular flexibility index (Phi) is 9.37. The van der Waals surface area contributed by atoms with Gasteiger partial charge in [-0.2, -0.15) is 0 Å². The Bertz CT molecular complexity index is 1560. The molecular formula is C42H46O8Ru+2. The second kappa shape index (κ2) is 12.4. The molecule has 8 rings (SSSR count). The van der Waals surface area contributed by atoms with Gasteiger partial charge < -0.3 is 19.7 Å². The van der Waals surface area contributed by atoms with Gasteiger partial charge in [-0.25, -0.2) is 0 Å². The molecule has 8 aliphatic rings. The van der Waals surface area contributed by atoms with Crippen LogP contribution in [0.1, 0.15) is 81.1 Å². The number of fused-ring (bicyclic) bond motifs is 2. The number of esters is 2. The van der Waals surface area contributed by atoms with Gasteiger partial charge in [-0.1, -0.05) is 51.0 Å². The van der Waals surface area contributed by atoms with Gasteiger partial charge in [0.05, 0.1) is 11.8 Å². The van der Waals surface area contributed by atoms with Crippen LogP contribution in [-0.2, 0) is 48.1 Å². The van der Waals surface area contributed by atoms with Gasteiger partial charge in [0.25, 0.3) is 0 Å². The quantitative estimate of drug-likeness (QED) is 0.287. The molecule has 0 aromatic rings. The Morgan fingerprint density at radius 1 is 0.608 bits per heavy atom. The molecule has 0 aromatic carbocycles. The van der Waals surface area contributed by atoms with E-state index in [0.29, 0.717) is 23.0 Å². The van der Waals surface area contributed by atoms with Crippen LogP contribution in [0.5, 0.6) is 0 Å². The first-order valence-corrected chi connectivity index (χ1v) is 17.5. The molecule has 268 valence electrons. The third kappa shape index (κ3) is 5.60. The molecule has 2 N–H and O–H groups in total. The maximum atomic E-state index is 13.0. The molecule has 4 atom stereocenters. The Hall–Kier alpha value is -2.22. The molecule has 8 aliphatic carbocycles. The van der Waals surface area contributed by atoms with Crippen LogP contribution in [-0.4, -0.2) is 57.1 Å². The third-order valence-corrected chi connectivity index (χ3v) is 12.7. The van der Waals surface area contributed by atoms with Gasteiger partial charge in [0, 0.05) is 44.0 Å². The van der Waals surface area contributed by atoms with Gasteiger partial charge in [-0.3, -0.25) is 19.2 Å². The standard InChI is InChI=1S/2C21H23O4.Ru/c2*1-12-15-14(16(22)20(4,24)21(12)9-10-21)11-19(2,3)17(15)25-18(23)13-7-5-6-8-13;/h2*5-8,11,17,24H,9-10H2,1-4H3;/q;;+2/t2*17-,20+;/m11./s1. The van der Waals surface area contributed by atoms with Crippen molar-refractivity contribution in [3.8, 4) is 0 Å². The fraction of sp³-hybridized carbons (Fsp3) is 0.476. The number of hydrogen-bond acceptors (Lipinski definition) is 8. The molecule has 0 unspecified atom stereocenters. The van der Waals surface area contributed by atoms with Crippen molar-refractivity contribution < 1.29 is 58.3 Å². The van der Waals surface area contributed by atoms with E-state index in [-0.39, 0.29) is 43.0 Å². The van der Waals surface area contributed by atoms with E-state index >= 15 is 0 Å². The number of carbonyl (C=O) groups is 4. The summed E-state index contributed by atoms with van der Waals surface area (Å²) < 4.78 is 11.7. The zero-order valence-corrected chi connectivity index (χ0v) is 32.2. The zero-order valence-electron chi connectivity index (χ0n) is 30.5. The van der Waals surface area contributed by atoms with Crippen molar-refractivity contribution in [2.45, 2.75) is 104 Å². The summed E-state index contributed by atoms with van der Waals surface area (Å²) in [5, 5.41) is 21.8. The molecule has 4 saturated carbocycles. The number of aliphatic hydroxyl groups is 2. The topological polar surface area (TPSA) is 127 Å². The second-order valence-corrected chi connectivity index (χ2v) is 16.7. The molecular weight excluding hydrogens is 734 g/mol. The van der Waals surface area contributed by atoms with Gasteiger partial charge in [0.2, 0.25) is 0 Å². The Labute approximate surface area is 315 Å². The van der Waals surface area contributed by atoms with E-state index < -0.39 is 45.1 Å². The molecule has 0 aromatic heterocycles. The fourth-order valence-electron chi connectivity index (χ4n) is 9.22. The molecule has 10 radical (unpaired) electrons. The predicted molar refractivity (Wildman–Crippen MR) is 184 cm³/mol. The zero-order chi connectivity index (χ0) is 36.4. The maximum Gasteiger partial charge on any atom is 2.00 e. The minimum Gasteiger partial charge on any atom is -0.456 e. The summed E-state index contributed by atoms with van der Waals surface area (Å²) in [5.41, 5.74) is -0.123. The van der Waals surface area contributed by atoms with Crippen LogP contribution in [0.15, 0.2) is 45.6 Å². The van der Waals surface area contributed by atoms with E-state index in [4.69, 9.17) is 9.47 Å². The Morgan fingerprint density at radius 2 is 0.902 bits per heavy atom. The summed E-state index contributed by atoms with van der Waals surface area (Å²) in [6, 6.07) is 0. The van der Waals surface area contributed by atoms with Crippen molar-refractivity contribution in [1.82, 2.24) is 0 Å². The van der Waals surface area contributed by atoms with Crippen LogP contribution >= 0.6 is 0 Å². The van der Waals surface area contributed by atoms with E-state index in [1.165, 1.54) is 0 Å². The van der Waals surface area contributed by atoms with Gasteiger partial charge in [0.1, 0.15) is 23.4 Å². The Morgan fingerprint density at radius 3 is 1.18 bits per heavy atom. The van der Waals surface area contributed by atoms with Crippen LogP contribution in [0.3, 0.4) is 0 Å². The van der Waals surface area contributed by atoms with Gasteiger partial charge in [-0.05, 0) is 105 Å². The third-order valence-electron chi connectivity index (χ3n) is 12.7. The molecule has 0 amide bonds. The molecule has 9 heteroatoms. The largest absolute Gasteiger partial charge is 2.00 e. The molecule has 2 spiro atoms. The average Bonchev–Trinajstić information content (AvgIpc) is 3.82. The van der Waals surface area contributed by atoms with Crippen molar-refractivity contribution in [2.24, 2.45) is 21.7 Å². The number of ketones is 2. The molecule has 4 fully saturated rings. The van der Waals surface area contributed by atoms with Crippen LogP contribution in [0.25, 0.3) is 0 Å². The summed E-state index contributed by atoms with van der Waals surface area (Å²) in [6.45, 7) is 15.0. The molecule has 8 nitrogen and oxygen atoms in total. The first-order valence-electron chi connectivity index (χ1n) is 17.5. The summed E-state index contributed by atoms with van der Waals surface area (Å²) in [4.78, 5) is 51.0. The van der Waals surface area contributed by atoms with Crippen molar-refractivity contribution in [2.75, 3.05) is 0 Å². The smallest absolute Gasteiger partial charge is 0.456 e. The van der Waals surface area contributed by atoms with E-state index in [0.717, 1.165) is 48.0 Å². The van der Waals surface area contributed by atoms with Gasteiger partial charge in [0.15, 0.2) is 11.6 Å². The van der Waals surface area contributed by atoms with Gasteiger partial charge in [-0.15, -0.1) is 0 Å². The van der Waals surface area contributed by atoms with Crippen molar-refractivity contribution in [1.29, 1.82) is 0 Å². The Balaban J connectivity index is 0.000000172. The summed E-state index contributed by atoms with van der Waals surface area (Å²) in [5.74, 6) is -0.230. The molecule has 0 saturated heterocycles. The minimum atomic E-state index is -1.38. The van der Waals surface area contributed by atoms with Crippen LogP contribution in [0, 0.1) is 84.9 Å². The van der Waals surface area contributed by atoms with Crippen LogP contribution in [0.4, 0.5) is 0 Å². The normalized spacial score (nSPS) is 35.1. The average molecular weight is 780 g/mol. The fourth-order valence-corrected chi connectivity index (χ4v) is 9.22. The van der Waals surface area contributed by atoms with Crippen LogP contribution < -0.4 is 0 Å². The van der Waals surface area contributed by atoms with Crippen LogP contribution in [0.2, 0.25) is 0 Å². The molecule has 0 aliphatic heterocycles. The molecule has 51 heavy (non-hydrogen) atoms. The summed E-state index contributed by atoms with van der Waals surface area (Å²) >= 11 is 0. The van der Waals surface area contributed by atoms with E-state index in [1.54, 1.807) is 65.2 Å². The molecule has 0 heterocycles. The number of hydrogen-bond donors (Lipinski definition) is 2. The summed E-state index contributed by atoms with van der Waals surface area (Å²) in [6.07, 6.45) is 19.9. The minimum absolute atomic E-state index is 0. The predicted octanol–water partition coefficient (Wildman–Crippen LogP) is 5.40. The number of rotatable bonds is 4. The van der Waals surface area contributed by atoms with Gasteiger partial charge >= 0.3 is 31.4 Å². The molecule has 0 bridgehead atoms. The van der Waals surface area contributed by atoms with E-state index in [1.807, 2.05) is 53.7 Å². The number of Topliss-reactive ketones (excluding diaryl/α,β-unsaturated/α-hetero) is 2. The SMILES string of the molecule is CC1=C2C(=CC(C)(C)[C@@H]2OC(=O)[C]2[CH][CH][CH][CH]2)C(=O)[C@](C)(O)C12CC2.CC1=C2C(=CC(C)(C)[C@@H]2OC(=O)[C]2[CH][CH][CH][CH]2)C(=O)[C@](C)(O)C12CC2.[Ru+2]. The first kappa shape index (κ1) is 38.5. The summed E-state index contributed by atoms with van der Waals surface area (Å²) in [7, 11) is 0. The number of carbonyl (C=O) groups excluding carboxylic acids is 4. The van der Waals surface area contributed by atoms with Crippen molar-refractivity contribution in [3.05, 3.63) is 109 Å². The number of ether oxygens (including phenoxy) is 2. The van der Waals surface area contributed by atoms with E-state index in [2.05, 4.69) is 0 Å². The monoisotopic (exact) mass is 780 g/mol. The van der Waals surface area contributed by atoms with Crippen molar-refractivity contribution in [3.63, 3.8) is 0 Å². The van der Waals surface area contributed by atoms with Crippen molar-refractivity contribution >= 4 is 23.5 Å². The van der Waals surface area contributed by atoms with E-state index in [9.17, 15) is 29.4 Å². The maximum absolute atomic E-state index is 13.0. The first-order chi connectivity index (χ1) is 23.2. The second-order valence-electron chi connectivity index (χ2n) is 16.7.